The zero-order valence-corrected chi connectivity index (χ0v) is 10.9. The fraction of sp³-hybridized carbons (Fsp3) is 0.500. The van der Waals surface area contributed by atoms with Gasteiger partial charge in [0.15, 0.2) is 11.5 Å². The van der Waals surface area contributed by atoms with Crippen LogP contribution in [-0.2, 0) is 10.0 Å². The molecule has 0 bridgehead atoms. The van der Waals surface area contributed by atoms with Gasteiger partial charge in [0, 0.05) is 25.5 Å². The van der Waals surface area contributed by atoms with Crippen LogP contribution in [0.5, 0.6) is 0 Å². The topological polar surface area (TPSA) is 108 Å². The third-order valence-corrected chi connectivity index (χ3v) is 3.56. The maximum absolute atomic E-state index is 11.1. The van der Waals surface area contributed by atoms with Crippen molar-refractivity contribution < 1.29 is 8.42 Å². The van der Waals surface area contributed by atoms with Crippen molar-refractivity contribution in [2.75, 3.05) is 24.2 Å². The maximum atomic E-state index is 11.1. The first-order valence-electron chi connectivity index (χ1n) is 5.51. The molecule has 0 atom stereocenters. The first-order chi connectivity index (χ1) is 8.59. The average molecular weight is 269 g/mol. The Kier molecular flexibility index (Phi) is 5.48. The molecule has 0 saturated carbocycles. The summed E-state index contributed by atoms with van der Waals surface area (Å²) in [5.41, 5.74) is 0.228. The zero-order chi connectivity index (χ0) is 13.4. The molecule has 0 fully saturated rings. The molecular weight excluding hydrogens is 254 g/mol. The fourth-order valence-corrected chi connectivity index (χ4v) is 1.83. The summed E-state index contributed by atoms with van der Waals surface area (Å²) in [7, 11) is -3.14. The molecule has 0 radical (unpaired) electrons. The van der Waals surface area contributed by atoms with Crippen LogP contribution in [0, 0.1) is 11.3 Å². The van der Waals surface area contributed by atoms with Crippen LogP contribution in [0.1, 0.15) is 19.0 Å². The van der Waals surface area contributed by atoms with Gasteiger partial charge in [-0.15, -0.1) is 0 Å². The molecule has 0 amide bonds. The van der Waals surface area contributed by atoms with Gasteiger partial charge in [-0.05, 0) is 13.3 Å². The van der Waals surface area contributed by atoms with E-state index in [9.17, 15) is 8.42 Å². The van der Waals surface area contributed by atoms with Crippen LogP contribution in [0.3, 0.4) is 0 Å². The van der Waals surface area contributed by atoms with E-state index in [1.807, 2.05) is 6.07 Å². The van der Waals surface area contributed by atoms with Crippen LogP contribution < -0.4 is 10.0 Å². The number of sulfonamides is 1. The molecule has 1 rings (SSSR count). The summed E-state index contributed by atoms with van der Waals surface area (Å²) in [4.78, 5) is 7.83. The second-order valence-corrected chi connectivity index (χ2v) is 5.54. The maximum Gasteiger partial charge on any atom is 0.211 e. The Morgan fingerprint density at radius 3 is 2.72 bits per heavy atom. The first-order valence-corrected chi connectivity index (χ1v) is 7.16. The van der Waals surface area contributed by atoms with Crippen LogP contribution >= 0.6 is 0 Å². The van der Waals surface area contributed by atoms with Gasteiger partial charge in [0.05, 0.1) is 5.75 Å². The molecule has 0 unspecified atom stereocenters. The average Bonchev–Trinajstić information content (AvgIpc) is 2.38. The molecule has 7 nitrogen and oxygen atoms in total. The molecule has 0 spiro atoms. The molecular formula is C10H15N5O2S. The number of hydrogen-bond acceptors (Lipinski definition) is 6. The van der Waals surface area contributed by atoms with E-state index in [1.165, 1.54) is 12.4 Å². The standard InChI is InChI=1S/C10H15N5O2S/c1-2-18(16,17)15-5-3-4-13-10-9(8-11)12-6-7-14-10/h6-7,15H,2-5H2,1H3,(H,13,14). The molecule has 98 valence electrons. The van der Waals surface area contributed by atoms with Crippen molar-refractivity contribution in [3.05, 3.63) is 18.1 Å². The Morgan fingerprint density at radius 1 is 1.33 bits per heavy atom. The summed E-state index contributed by atoms with van der Waals surface area (Å²) < 4.78 is 24.7. The summed E-state index contributed by atoms with van der Waals surface area (Å²) in [6.45, 7) is 2.45. The number of anilines is 1. The van der Waals surface area contributed by atoms with E-state index in [1.54, 1.807) is 6.92 Å². The molecule has 2 N–H and O–H groups in total. The number of nitrogens with zero attached hydrogens (tertiary/aromatic N) is 3. The lowest BCUT2D eigenvalue weighted by Crippen LogP contribution is -2.27. The van der Waals surface area contributed by atoms with E-state index in [0.29, 0.717) is 25.3 Å². The van der Waals surface area contributed by atoms with Gasteiger partial charge < -0.3 is 5.32 Å². The highest BCUT2D eigenvalue weighted by Gasteiger charge is 2.05. The van der Waals surface area contributed by atoms with Gasteiger partial charge in [0.2, 0.25) is 10.0 Å². The number of rotatable bonds is 7. The number of aromatic nitrogens is 2. The minimum Gasteiger partial charge on any atom is -0.368 e. The third-order valence-electron chi connectivity index (χ3n) is 2.15. The van der Waals surface area contributed by atoms with Gasteiger partial charge in [0.1, 0.15) is 6.07 Å². The van der Waals surface area contributed by atoms with E-state index in [4.69, 9.17) is 5.26 Å². The predicted molar refractivity (Wildman–Crippen MR) is 67.3 cm³/mol. The van der Waals surface area contributed by atoms with Crippen LogP contribution in [0.15, 0.2) is 12.4 Å². The molecule has 0 aliphatic rings. The van der Waals surface area contributed by atoms with Gasteiger partial charge in [-0.1, -0.05) is 0 Å². The zero-order valence-electron chi connectivity index (χ0n) is 10.0. The molecule has 1 aromatic heterocycles. The van der Waals surface area contributed by atoms with Gasteiger partial charge in [-0.3, -0.25) is 0 Å². The molecule has 1 heterocycles. The van der Waals surface area contributed by atoms with Crippen molar-refractivity contribution >= 4 is 15.8 Å². The van der Waals surface area contributed by atoms with Gasteiger partial charge in [-0.2, -0.15) is 5.26 Å². The Bertz CT molecular complexity index is 523. The summed E-state index contributed by atoms with van der Waals surface area (Å²) in [5.74, 6) is 0.488. The minimum absolute atomic E-state index is 0.0726. The molecule has 0 aliphatic carbocycles. The molecule has 0 aromatic carbocycles. The molecule has 18 heavy (non-hydrogen) atoms. The molecule has 1 aromatic rings. The highest BCUT2D eigenvalue weighted by atomic mass is 32.2. The van der Waals surface area contributed by atoms with Crippen LogP contribution in [0.25, 0.3) is 0 Å². The van der Waals surface area contributed by atoms with Crippen molar-refractivity contribution in [1.82, 2.24) is 14.7 Å². The Balaban J connectivity index is 2.33. The highest BCUT2D eigenvalue weighted by Crippen LogP contribution is 2.05. The summed E-state index contributed by atoms with van der Waals surface area (Å²) in [5, 5.41) is 11.7. The molecule has 8 heteroatoms. The van der Waals surface area contributed by atoms with Crippen molar-refractivity contribution in [2.45, 2.75) is 13.3 Å². The lowest BCUT2D eigenvalue weighted by Gasteiger charge is -2.07. The molecule has 0 aliphatic heterocycles. The quantitative estimate of drug-likeness (QED) is 0.679. The van der Waals surface area contributed by atoms with Gasteiger partial charge in [0.25, 0.3) is 0 Å². The predicted octanol–water partition coefficient (Wildman–Crippen LogP) is 0.0896. The van der Waals surface area contributed by atoms with Crippen LogP contribution in [-0.4, -0.2) is 37.2 Å². The largest absolute Gasteiger partial charge is 0.368 e. The lowest BCUT2D eigenvalue weighted by molar-refractivity contribution is 0.581. The second kappa shape index (κ2) is 6.88. The SMILES string of the molecule is CCS(=O)(=O)NCCCNc1nccnc1C#N. The van der Waals surface area contributed by atoms with Crippen molar-refractivity contribution in [2.24, 2.45) is 0 Å². The van der Waals surface area contributed by atoms with Crippen molar-refractivity contribution in [3.8, 4) is 6.07 Å². The minimum atomic E-state index is -3.14. The monoisotopic (exact) mass is 269 g/mol. The third kappa shape index (κ3) is 4.65. The fourth-order valence-electron chi connectivity index (χ4n) is 1.17. The van der Waals surface area contributed by atoms with E-state index >= 15 is 0 Å². The Morgan fingerprint density at radius 2 is 2.06 bits per heavy atom. The number of nitriles is 1. The lowest BCUT2D eigenvalue weighted by atomic mass is 10.4. The van der Waals surface area contributed by atoms with E-state index in [-0.39, 0.29) is 11.4 Å². The Hall–Kier alpha value is -1.72. The van der Waals surface area contributed by atoms with Crippen molar-refractivity contribution in [3.63, 3.8) is 0 Å². The highest BCUT2D eigenvalue weighted by molar-refractivity contribution is 7.89. The summed E-state index contributed by atoms with van der Waals surface area (Å²) >= 11 is 0. The first kappa shape index (κ1) is 14.3. The Labute approximate surface area is 106 Å². The van der Waals surface area contributed by atoms with Gasteiger partial charge in [-0.25, -0.2) is 23.1 Å². The van der Waals surface area contributed by atoms with Crippen LogP contribution in [0.2, 0.25) is 0 Å². The molecule has 0 saturated heterocycles. The summed E-state index contributed by atoms with van der Waals surface area (Å²) in [6.07, 6.45) is 3.53. The van der Waals surface area contributed by atoms with Crippen molar-refractivity contribution in [1.29, 1.82) is 5.26 Å². The number of nitrogens with one attached hydrogen (secondary N) is 2. The van der Waals surface area contributed by atoms with E-state index < -0.39 is 10.0 Å². The van der Waals surface area contributed by atoms with E-state index in [0.717, 1.165) is 0 Å². The smallest absolute Gasteiger partial charge is 0.211 e. The van der Waals surface area contributed by atoms with Gasteiger partial charge >= 0.3 is 0 Å². The number of hydrogen-bond donors (Lipinski definition) is 2. The van der Waals surface area contributed by atoms with E-state index in [2.05, 4.69) is 20.0 Å². The normalized spacial score (nSPS) is 10.9. The van der Waals surface area contributed by atoms with Crippen LogP contribution in [0.4, 0.5) is 5.82 Å². The second-order valence-electron chi connectivity index (χ2n) is 3.44. The summed E-state index contributed by atoms with van der Waals surface area (Å²) in [6, 6.07) is 1.92.